The third kappa shape index (κ3) is 6.95. The van der Waals surface area contributed by atoms with E-state index in [4.69, 9.17) is 8.85 Å². The van der Waals surface area contributed by atoms with Crippen LogP contribution in [-0.4, -0.2) is 28.6 Å². The number of carbonyl (C=O) groups is 2. The van der Waals surface area contributed by atoms with Crippen LogP contribution in [-0.2, 0) is 18.4 Å². The second-order valence-electron chi connectivity index (χ2n) is 6.64. The predicted octanol–water partition coefficient (Wildman–Crippen LogP) is 3.01. The standard InChI is InChI=1S/C12H26O4Si2/c1-9(11(13)15-17(3,4)5)10(2)12(14)16-18(6,7)8/h9-10H,1-8H3. The van der Waals surface area contributed by atoms with Gasteiger partial charge >= 0.3 is 0 Å². The molecule has 0 amide bonds. The van der Waals surface area contributed by atoms with Crippen molar-refractivity contribution in [3.05, 3.63) is 0 Å². The molecule has 6 heteroatoms. The Morgan fingerprint density at radius 1 is 0.722 bits per heavy atom. The molecule has 0 heterocycles. The maximum absolute atomic E-state index is 11.9. The Bertz CT molecular complexity index is 283. The van der Waals surface area contributed by atoms with E-state index in [0.717, 1.165) is 0 Å². The first-order valence-electron chi connectivity index (χ1n) is 6.29. The second-order valence-corrected chi connectivity index (χ2v) is 15.5. The van der Waals surface area contributed by atoms with Crippen LogP contribution in [0.4, 0.5) is 0 Å². The van der Waals surface area contributed by atoms with Crippen molar-refractivity contribution >= 4 is 28.6 Å². The molecule has 0 bridgehead atoms. The van der Waals surface area contributed by atoms with Gasteiger partial charge in [-0.1, -0.05) is 13.8 Å². The Morgan fingerprint density at radius 2 is 0.944 bits per heavy atom. The van der Waals surface area contributed by atoms with E-state index in [-0.39, 0.29) is 11.9 Å². The van der Waals surface area contributed by atoms with Crippen LogP contribution in [0, 0.1) is 11.8 Å². The number of hydrogen-bond donors (Lipinski definition) is 0. The Balaban J connectivity index is 4.55. The van der Waals surface area contributed by atoms with Gasteiger partial charge in [-0.2, -0.15) is 0 Å². The van der Waals surface area contributed by atoms with Crippen molar-refractivity contribution in [3.8, 4) is 0 Å². The van der Waals surface area contributed by atoms with E-state index in [9.17, 15) is 9.59 Å². The van der Waals surface area contributed by atoms with Crippen LogP contribution in [0.15, 0.2) is 0 Å². The van der Waals surface area contributed by atoms with Gasteiger partial charge in [0.1, 0.15) is 0 Å². The first-order valence-corrected chi connectivity index (χ1v) is 13.1. The molecule has 0 spiro atoms. The zero-order chi connectivity index (χ0) is 14.7. The SMILES string of the molecule is CC(C(=O)O[Si](C)(C)C)C(C)C(=O)O[Si](C)(C)C. The monoisotopic (exact) mass is 290 g/mol. The van der Waals surface area contributed by atoms with Crippen molar-refractivity contribution < 1.29 is 18.4 Å². The summed E-state index contributed by atoms with van der Waals surface area (Å²) < 4.78 is 10.8. The van der Waals surface area contributed by atoms with Crippen LogP contribution in [0.5, 0.6) is 0 Å². The highest BCUT2D eigenvalue weighted by molar-refractivity contribution is 6.71. The minimum atomic E-state index is -1.90. The average Bonchev–Trinajstić information content (AvgIpc) is 2.09. The van der Waals surface area contributed by atoms with Gasteiger partial charge in [0.15, 0.2) is 0 Å². The summed E-state index contributed by atoms with van der Waals surface area (Å²) in [6.45, 7) is 15.1. The van der Waals surface area contributed by atoms with Crippen molar-refractivity contribution in [2.24, 2.45) is 11.8 Å². The van der Waals surface area contributed by atoms with Gasteiger partial charge in [-0.25, -0.2) is 0 Å². The zero-order valence-corrected chi connectivity index (χ0v) is 14.8. The van der Waals surface area contributed by atoms with Crippen LogP contribution in [0.25, 0.3) is 0 Å². The summed E-state index contributed by atoms with van der Waals surface area (Å²) in [7, 11) is -3.81. The van der Waals surface area contributed by atoms with Gasteiger partial charge in [-0.15, -0.1) is 0 Å². The minimum absolute atomic E-state index is 0.297. The predicted molar refractivity (Wildman–Crippen MR) is 77.2 cm³/mol. The van der Waals surface area contributed by atoms with Gasteiger partial charge in [0.05, 0.1) is 11.8 Å². The van der Waals surface area contributed by atoms with Gasteiger partial charge in [0.25, 0.3) is 11.9 Å². The second kappa shape index (κ2) is 6.01. The summed E-state index contributed by atoms with van der Waals surface area (Å²) in [5.74, 6) is -1.51. The first-order chi connectivity index (χ1) is 7.83. The lowest BCUT2D eigenvalue weighted by molar-refractivity contribution is -0.150. The molecule has 0 aromatic rings. The van der Waals surface area contributed by atoms with E-state index in [0.29, 0.717) is 0 Å². The van der Waals surface area contributed by atoms with E-state index in [1.165, 1.54) is 0 Å². The molecule has 2 unspecified atom stereocenters. The normalized spacial score (nSPS) is 15.8. The van der Waals surface area contributed by atoms with E-state index in [1.54, 1.807) is 13.8 Å². The summed E-state index contributed by atoms with van der Waals surface area (Å²) in [6.07, 6.45) is 0. The summed E-state index contributed by atoms with van der Waals surface area (Å²) in [5.41, 5.74) is 0. The molecule has 0 fully saturated rings. The van der Waals surface area contributed by atoms with Gasteiger partial charge in [-0.3, -0.25) is 9.59 Å². The molecule has 0 aromatic carbocycles. The Labute approximate surface area is 112 Å². The van der Waals surface area contributed by atoms with Crippen molar-refractivity contribution in [2.45, 2.75) is 53.1 Å². The fourth-order valence-electron chi connectivity index (χ4n) is 1.20. The summed E-state index contributed by atoms with van der Waals surface area (Å²) >= 11 is 0. The van der Waals surface area contributed by atoms with Crippen molar-refractivity contribution in [1.29, 1.82) is 0 Å². The third-order valence-corrected chi connectivity index (χ3v) is 3.93. The van der Waals surface area contributed by atoms with Gasteiger partial charge < -0.3 is 8.85 Å². The molecule has 18 heavy (non-hydrogen) atoms. The van der Waals surface area contributed by atoms with Crippen molar-refractivity contribution in [2.75, 3.05) is 0 Å². The molecule has 0 radical (unpaired) electrons. The summed E-state index contributed by atoms with van der Waals surface area (Å²) in [4.78, 5) is 23.8. The molecule has 0 rings (SSSR count). The molecule has 106 valence electrons. The highest BCUT2D eigenvalue weighted by atomic mass is 28.4. The van der Waals surface area contributed by atoms with Crippen molar-refractivity contribution in [1.82, 2.24) is 0 Å². The van der Waals surface area contributed by atoms with Crippen LogP contribution >= 0.6 is 0 Å². The molecular weight excluding hydrogens is 264 g/mol. The maximum Gasteiger partial charge on any atom is 0.296 e. The lowest BCUT2D eigenvalue weighted by Crippen LogP contribution is -2.38. The smallest absolute Gasteiger partial charge is 0.296 e. The molecule has 0 aliphatic heterocycles. The van der Waals surface area contributed by atoms with Crippen LogP contribution in [0.2, 0.25) is 39.3 Å². The van der Waals surface area contributed by atoms with E-state index >= 15 is 0 Å². The number of rotatable bonds is 5. The lowest BCUT2D eigenvalue weighted by Gasteiger charge is -2.26. The molecule has 0 N–H and O–H groups in total. The Hall–Kier alpha value is -0.626. The molecule has 0 aliphatic carbocycles. The fraction of sp³-hybridized carbons (Fsp3) is 0.833. The Kier molecular flexibility index (Phi) is 5.80. The average molecular weight is 291 g/mol. The van der Waals surface area contributed by atoms with Crippen LogP contribution in [0.3, 0.4) is 0 Å². The number of hydrogen-bond acceptors (Lipinski definition) is 4. The van der Waals surface area contributed by atoms with E-state index in [1.807, 2.05) is 39.3 Å². The largest absolute Gasteiger partial charge is 0.520 e. The van der Waals surface area contributed by atoms with Crippen LogP contribution in [0.1, 0.15) is 13.8 Å². The molecular formula is C12H26O4Si2. The van der Waals surface area contributed by atoms with E-state index < -0.39 is 28.5 Å². The maximum atomic E-state index is 11.9. The van der Waals surface area contributed by atoms with Gasteiger partial charge in [-0.05, 0) is 39.3 Å². The topological polar surface area (TPSA) is 52.6 Å². The van der Waals surface area contributed by atoms with Crippen molar-refractivity contribution in [3.63, 3.8) is 0 Å². The van der Waals surface area contributed by atoms with Gasteiger partial charge in [0.2, 0.25) is 16.6 Å². The summed E-state index contributed by atoms with van der Waals surface area (Å²) in [5, 5.41) is 0. The molecule has 0 aromatic heterocycles. The lowest BCUT2D eigenvalue weighted by atomic mass is 9.97. The zero-order valence-electron chi connectivity index (χ0n) is 12.8. The molecule has 4 nitrogen and oxygen atoms in total. The number of carbonyl (C=O) groups excluding carboxylic acids is 2. The molecule has 0 saturated carbocycles. The quantitative estimate of drug-likeness (QED) is 0.730. The summed E-state index contributed by atoms with van der Waals surface area (Å²) in [6, 6.07) is 0. The third-order valence-electron chi connectivity index (χ3n) is 2.31. The van der Waals surface area contributed by atoms with Crippen LogP contribution < -0.4 is 0 Å². The first kappa shape index (κ1) is 17.4. The minimum Gasteiger partial charge on any atom is -0.520 e. The highest BCUT2D eigenvalue weighted by Gasteiger charge is 2.33. The van der Waals surface area contributed by atoms with E-state index in [2.05, 4.69) is 0 Å². The fourth-order valence-corrected chi connectivity index (χ4v) is 2.78. The van der Waals surface area contributed by atoms with Gasteiger partial charge in [0, 0.05) is 0 Å². The molecule has 2 atom stereocenters. The molecule has 0 saturated heterocycles. The Morgan fingerprint density at radius 3 is 1.11 bits per heavy atom. The molecule has 0 aliphatic rings. The highest BCUT2D eigenvalue weighted by Crippen LogP contribution is 2.19.